The highest BCUT2D eigenvalue weighted by molar-refractivity contribution is 7.89. The number of anilines is 1. The summed E-state index contributed by atoms with van der Waals surface area (Å²) in [5.41, 5.74) is 2.03. The summed E-state index contributed by atoms with van der Waals surface area (Å²) in [4.78, 5) is 32.9. The molecule has 0 aliphatic carbocycles. The van der Waals surface area contributed by atoms with Crippen LogP contribution in [0.3, 0.4) is 0 Å². The van der Waals surface area contributed by atoms with Gasteiger partial charge in [0, 0.05) is 56.3 Å². The molecular weight excluding hydrogens is 620 g/mol. The van der Waals surface area contributed by atoms with Gasteiger partial charge in [-0.15, -0.1) is 0 Å². The van der Waals surface area contributed by atoms with Gasteiger partial charge in [0.05, 0.1) is 35.3 Å². The molecule has 0 saturated carbocycles. The van der Waals surface area contributed by atoms with Crippen molar-refractivity contribution >= 4 is 27.5 Å². The van der Waals surface area contributed by atoms with Gasteiger partial charge in [0.2, 0.25) is 10.0 Å². The Morgan fingerprint density at radius 3 is 2.49 bits per heavy atom. The second-order valence-corrected chi connectivity index (χ2v) is 14.3. The molecule has 0 fully saturated rings. The van der Waals surface area contributed by atoms with E-state index in [9.17, 15) is 23.1 Å². The first-order chi connectivity index (χ1) is 22.4. The summed E-state index contributed by atoms with van der Waals surface area (Å²) in [6.45, 7) is 7.87. The lowest BCUT2D eigenvalue weighted by Gasteiger charge is -2.35. The Morgan fingerprint density at radius 2 is 1.81 bits per heavy atom. The van der Waals surface area contributed by atoms with E-state index in [-0.39, 0.29) is 48.1 Å². The SMILES string of the molecule is Cc1ccc(S(=O)(=O)N(C)C[C@@H]2OCCCC[C@@H](C)Oc3ccc(NC(=O)c4ccncc4)cc3C(=O)N([C@@H](C)CO)C[C@H]2C)cc1. The summed E-state index contributed by atoms with van der Waals surface area (Å²) in [7, 11) is -2.25. The minimum absolute atomic E-state index is 0.0776. The van der Waals surface area contributed by atoms with E-state index >= 15 is 0 Å². The van der Waals surface area contributed by atoms with Crippen LogP contribution in [0.25, 0.3) is 0 Å². The number of nitrogens with zero attached hydrogens (tertiary/aromatic N) is 3. The second kappa shape index (κ2) is 16.3. The van der Waals surface area contributed by atoms with Crippen molar-refractivity contribution in [2.24, 2.45) is 5.92 Å². The summed E-state index contributed by atoms with van der Waals surface area (Å²) in [5.74, 6) is -0.684. The Hall–Kier alpha value is -3.84. The van der Waals surface area contributed by atoms with Gasteiger partial charge in [-0.25, -0.2) is 8.42 Å². The first-order valence-electron chi connectivity index (χ1n) is 16.0. The van der Waals surface area contributed by atoms with Crippen LogP contribution in [-0.4, -0.2) is 91.1 Å². The highest BCUT2D eigenvalue weighted by Crippen LogP contribution is 2.29. The van der Waals surface area contributed by atoms with Gasteiger partial charge in [-0.3, -0.25) is 14.6 Å². The lowest BCUT2D eigenvalue weighted by molar-refractivity contribution is -0.00834. The Morgan fingerprint density at radius 1 is 1.11 bits per heavy atom. The van der Waals surface area contributed by atoms with Crippen molar-refractivity contribution in [2.45, 2.75) is 70.1 Å². The molecule has 4 rings (SSSR count). The largest absolute Gasteiger partial charge is 0.490 e. The molecule has 254 valence electrons. The van der Waals surface area contributed by atoms with Crippen molar-refractivity contribution in [3.8, 4) is 5.75 Å². The number of fused-ring (bicyclic) bond motifs is 1. The lowest BCUT2D eigenvalue weighted by Crippen LogP contribution is -2.48. The van der Waals surface area contributed by atoms with Gasteiger partial charge in [-0.1, -0.05) is 24.6 Å². The zero-order valence-electron chi connectivity index (χ0n) is 27.8. The van der Waals surface area contributed by atoms with Crippen LogP contribution in [0.1, 0.15) is 66.3 Å². The molecule has 1 aliphatic rings. The van der Waals surface area contributed by atoms with Crippen LogP contribution in [0.2, 0.25) is 0 Å². The summed E-state index contributed by atoms with van der Waals surface area (Å²) >= 11 is 0. The molecule has 2 N–H and O–H groups in total. The topological polar surface area (TPSA) is 138 Å². The van der Waals surface area contributed by atoms with Crippen LogP contribution < -0.4 is 10.1 Å². The highest BCUT2D eigenvalue weighted by atomic mass is 32.2. The van der Waals surface area contributed by atoms with Gasteiger partial charge in [0.15, 0.2) is 0 Å². The molecule has 1 aliphatic heterocycles. The summed E-state index contributed by atoms with van der Waals surface area (Å²) in [6, 6.07) is 14.3. The van der Waals surface area contributed by atoms with Crippen molar-refractivity contribution in [3.05, 3.63) is 83.7 Å². The summed E-state index contributed by atoms with van der Waals surface area (Å²) in [6.07, 6.45) is 4.55. The minimum Gasteiger partial charge on any atom is -0.490 e. The predicted octanol–water partition coefficient (Wildman–Crippen LogP) is 4.76. The maximum atomic E-state index is 14.3. The Balaban J connectivity index is 1.65. The number of carbonyl (C=O) groups excluding carboxylic acids is 2. The molecular formula is C35H46N4O7S. The number of aliphatic hydroxyl groups is 1. The lowest BCUT2D eigenvalue weighted by atomic mass is 10.0. The molecule has 0 unspecified atom stereocenters. The fourth-order valence-corrected chi connectivity index (χ4v) is 6.59. The molecule has 4 atom stereocenters. The van der Waals surface area contributed by atoms with Crippen LogP contribution in [0, 0.1) is 12.8 Å². The molecule has 0 bridgehead atoms. The van der Waals surface area contributed by atoms with Crippen LogP contribution in [0.4, 0.5) is 5.69 Å². The smallest absolute Gasteiger partial charge is 0.258 e. The number of pyridine rings is 1. The number of aliphatic hydroxyl groups excluding tert-OH is 1. The first-order valence-corrected chi connectivity index (χ1v) is 17.4. The highest BCUT2D eigenvalue weighted by Gasteiger charge is 2.32. The molecule has 3 aromatic rings. The number of likely N-dealkylation sites (N-methyl/N-ethyl adjacent to an activating group) is 1. The number of benzene rings is 2. The van der Waals surface area contributed by atoms with Crippen LogP contribution >= 0.6 is 0 Å². The molecule has 0 radical (unpaired) electrons. The second-order valence-electron chi connectivity index (χ2n) is 12.3. The zero-order chi connectivity index (χ0) is 34.1. The van der Waals surface area contributed by atoms with E-state index in [1.165, 1.54) is 23.7 Å². The first kappa shape index (κ1) is 36.0. The van der Waals surface area contributed by atoms with Crippen molar-refractivity contribution in [1.82, 2.24) is 14.2 Å². The molecule has 2 aromatic carbocycles. The van der Waals surface area contributed by atoms with Gasteiger partial charge < -0.3 is 24.8 Å². The third kappa shape index (κ3) is 9.38. The maximum absolute atomic E-state index is 14.3. The fourth-order valence-electron chi connectivity index (χ4n) is 5.41. The van der Waals surface area contributed by atoms with Gasteiger partial charge in [0.25, 0.3) is 11.8 Å². The van der Waals surface area contributed by atoms with E-state index in [2.05, 4.69) is 10.3 Å². The van der Waals surface area contributed by atoms with Crippen LogP contribution in [0.15, 0.2) is 71.9 Å². The number of aromatic nitrogens is 1. The fraction of sp³-hybridized carbons (Fsp3) is 0.457. The minimum atomic E-state index is -3.79. The van der Waals surface area contributed by atoms with E-state index < -0.39 is 28.1 Å². The number of ether oxygens (including phenoxy) is 2. The maximum Gasteiger partial charge on any atom is 0.258 e. The van der Waals surface area contributed by atoms with Crippen molar-refractivity contribution in [2.75, 3.05) is 38.7 Å². The zero-order valence-corrected chi connectivity index (χ0v) is 28.6. The number of carbonyl (C=O) groups is 2. The number of amides is 2. The Bertz CT molecular complexity index is 1600. The molecule has 0 spiro atoms. The van der Waals surface area contributed by atoms with Crippen molar-refractivity contribution in [3.63, 3.8) is 0 Å². The third-order valence-corrected chi connectivity index (χ3v) is 10.3. The molecule has 11 nitrogen and oxygen atoms in total. The number of hydrogen-bond acceptors (Lipinski definition) is 8. The number of hydrogen-bond donors (Lipinski definition) is 2. The average Bonchev–Trinajstić information content (AvgIpc) is 3.06. The van der Waals surface area contributed by atoms with E-state index in [1.54, 1.807) is 66.4 Å². The molecule has 2 heterocycles. The number of rotatable bonds is 8. The molecule has 1 aromatic heterocycles. The van der Waals surface area contributed by atoms with E-state index in [0.717, 1.165) is 18.4 Å². The number of sulfonamides is 1. The molecule has 12 heteroatoms. The Kier molecular flexibility index (Phi) is 12.5. The van der Waals surface area contributed by atoms with E-state index in [4.69, 9.17) is 9.47 Å². The standard InChI is InChI=1S/C35H46N4O7S/c1-24-9-12-30(13-10-24)47(43,44)38(5)22-33-25(2)21-39(26(3)23-40)35(42)31-20-29(37-34(41)28-15-17-36-18-16-28)11-14-32(31)46-27(4)8-6-7-19-45-33/h9-18,20,25-27,33,40H,6-8,19,21-23H2,1-5H3,(H,37,41)/t25-,26+,27-,33+/m1/s1. The van der Waals surface area contributed by atoms with Crippen molar-refractivity contribution in [1.29, 1.82) is 0 Å². The Labute approximate surface area is 278 Å². The third-order valence-electron chi connectivity index (χ3n) is 8.42. The van der Waals surface area contributed by atoms with Gasteiger partial charge in [-0.05, 0) is 82.5 Å². The predicted molar refractivity (Wildman–Crippen MR) is 180 cm³/mol. The van der Waals surface area contributed by atoms with Crippen LogP contribution in [-0.2, 0) is 14.8 Å². The number of aryl methyl sites for hydroxylation is 1. The quantitative estimate of drug-likeness (QED) is 0.351. The van der Waals surface area contributed by atoms with E-state index in [1.807, 2.05) is 20.8 Å². The van der Waals surface area contributed by atoms with E-state index in [0.29, 0.717) is 30.0 Å². The summed E-state index contributed by atoms with van der Waals surface area (Å²) in [5, 5.41) is 13.1. The van der Waals surface area contributed by atoms with Crippen LogP contribution in [0.5, 0.6) is 5.75 Å². The monoisotopic (exact) mass is 666 g/mol. The van der Waals surface area contributed by atoms with Crippen molar-refractivity contribution < 1.29 is 32.6 Å². The normalized spacial score (nSPS) is 20.5. The van der Waals surface area contributed by atoms with Gasteiger partial charge >= 0.3 is 0 Å². The average molecular weight is 667 g/mol. The molecule has 0 saturated heterocycles. The summed E-state index contributed by atoms with van der Waals surface area (Å²) < 4.78 is 40.8. The molecule has 2 amide bonds. The number of nitrogens with one attached hydrogen (secondary N) is 1. The molecule has 47 heavy (non-hydrogen) atoms. The van der Waals surface area contributed by atoms with Gasteiger partial charge in [0.1, 0.15) is 5.75 Å². The van der Waals surface area contributed by atoms with Gasteiger partial charge in [-0.2, -0.15) is 4.31 Å².